The predicted molar refractivity (Wildman–Crippen MR) is 110 cm³/mol. The molecule has 0 saturated heterocycles. The van der Waals surface area contributed by atoms with E-state index in [0.717, 1.165) is 5.56 Å². The Morgan fingerprint density at radius 1 is 0.857 bits per heavy atom. The van der Waals surface area contributed by atoms with E-state index in [9.17, 15) is 5.26 Å². The fraction of sp³-hybridized carbons (Fsp3) is 0.143. The van der Waals surface area contributed by atoms with Crippen LogP contribution < -0.4 is 14.2 Å². The van der Waals surface area contributed by atoms with Crippen LogP contribution in [-0.4, -0.2) is 26.3 Å². The summed E-state index contributed by atoms with van der Waals surface area (Å²) < 4.78 is 16.0. The van der Waals surface area contributed by atoms with Gasteiger partial charge in [-0.25, -0.2) is 4.98 Å². The molecule has 7 heteroatoms. The highest BCUT2D eigenvalue weighted by Gasteiger charge is 2.18. The van der Waals surface area contributed by atoms with Gasteiger partial charge in [-0.15, -0.1) is 0 Å². The third-order valence-corrected chi connectivity index (χ3v) is 4.74. The molecule has 2 aromatic carbocycles. The summed E-state index contributed by atoms with van der Waals surface area (Å²) in [5, 5.41) is 10.6. The number of nitriles is 1. The Balaban J connectivity index is 2.26. The molecular formula is C21H16Cl2N2O3. The van der Waals surface area contributed by atoms with Crippen LogP contribution in [0.4, 0.5) is 0 Å². The normalized spacial score (nSPS) is 10.3. The van der Waals surface area contributed by atoms with Crippen LogP contribution in [0.25, 0.3) is 22.4 Å². The van der Waals surface area contributed by atoms with Crippen LogP contribution in [0.15, 0.2) is 42.5 Å². The summed E-state index contributed by atoms with van der Waals surface area (Å²) in [4.78, 5) is 4.49. The number of methoxy groups -OCH3 is 3. The number of ether oxygens (including phenoxy) is 3. The van der Waals surface area contributed by atoms with Gasteiger partial charge in [-0.3, -0.25) is 0 Å². The minimum absolute atomic E-state index is 0.204. The fourth-order valence-electron chi connectivity index (χ4n) is 2.84. The van der Waals surface area contributed by atoms with Crippen LogP contribution in [0.5, 0.6) is 17.4 Å². The second kappa shape index (κ2) is 8.39. The molecule has 0 fully saturated rings. The molecule has 0 bridgehead atoms. The van der Waals surface area contributed by atoms with Gasteiger partial charge in [0.25, 0.3) is 0 Å². The van der Waals surface area contributed by atoms with Gasteiger partial charge in [-0.05, 0) is 36.4 Å². The van der Waals surface area contributed by atoms with Crippen LogP contribution in [0.2, 0.25) is 10.0 Å². The number of pyridine rings is 1. The number of aromatic nitrogens is 1. The Morgan fingerprint density at radius 2 is 1.61 bits per heavy atom. The Hall–Kier alpha value is -2.94. The molecule has 1 aromatic heterocycles. The molecule has 28 heavy (non-hydrogen) atoms. The maximum Gasteiger partial charge on any atom is 0.232 e. The molecule has 0 atom stereocenters. The van der Waals surface area contributed by atoms with Gasteiger partial charge in [0.05, 0.1) is 27.0 Å². The maximum absolute atomic E-state index is 9.67. The molecule has 5 nitrogen and oxygen atoms in total. The molecule has 1 heterocycles. The Labute approximate surface area is 173 Å². The van der Waals surface area contributed by atoms with Gasteiger partial charge < -0.3 is 14.2 Å². The third kappa shape index (κ3) is 3.70. The lowest BCUT2D eigenvalue weighted by Gasteiger charge is -2.14. The van der Waals surface area contributed by atoms with E-state index < -0.39 is 0 Å². The van der Waals surface area contributed by atoms with Crippen molar-refractivity contribution in [2.75, 3.05) is 21.3 Å². The van der Waals surface area contributed by atoms with Crippen molar-refractivity contribution in [3.8, 4) is 45.8 Å². The van der Waals surface area contributed by atoms with Crippen LogP contribution in [0, 0.1) is 11.3 Å². The topological polar surface area (TPSA) is 64.4 Å². The first-order valence-corrected chi connectivity index (χ1v) is 8.95. The number of rotatable bonds is 5. The zero-order chi connectivity index (χ0) is 20.3. The van der Waals surface area contributed by atoms with E-state index in [4.69, 9.17) is 37.4 Å². The highest BCUT2D eigenvalue weighted by molar-refractivity contribution is 6.36. The predicted octanol–water partition coefficient (Wildman–Crippen LogP) is 5.62. The summed E-state index contributed by atoms with van der Waals surface area (Å²) in [5.41, 5.74) is 2.91. The van der Waals surface area contributed by atoms with E-state index in [0.29, 0.717) is 38.4 Å². The summed E-state index contributed by atoms with van der Waals surface area (Å²) in [5.74, 6) is 1.37. The minimum atomic E-state index is 0.204. The Morgan fingerprint density at radius 3 is 2.21 bits per heavy atom. The van der Waals surface area contributed by atoms with E-state index >= 15 is 0 Å². The number of halogens is 2. The van der Waals surface area contributed by atoms with E-state index in [1.807, 2.05) is 6.07 Å². The first kappa shape index (κ1) is 19.8. The van der Waals surface area contributed by atoms with Crippen molar-refractivity contribution in [2.24, 2.45) is 0 Å². The number of hydrogen-bond donors (Lipinski definition) is 0. The lowest BCUT2D eigenvalue weighted by molar-refractivity contribution is 0.355. The second-order valence-electron chi connectivity index (χ2n) is 5.75. The lowest BCUT2D eigenvalue weighted by atomic mass is 9.98. The van der Waals surface area contributed by atoms with Crippen LogP contribution in [-0.2, 0) is 0 Å². The molecule has 0 saturated carbocycles. The summed E-state index contributed by atoms with van der Waals surface area (Å²) in [6.07, 6.45) is 0. The van der Waals surface area contributed by atoms with Gasteiger partial charge in [0, 0.05) is 26.7 Å². The molecule has 0 aliphatic carbocycles. The van der Waals surface area contributed by atoms with Crippen LogP contribution in [0.3, 0.4) is 0 Å². The van der Waals surface area contributed by atoms with Crippen molar-refractivity contribution in [2.45, 2.75) is 0 Å². The molecule has 142 valence electrons. The first-order chi connectivity index (χ1) is 13.5. The average molecular weight is 415 g/mol. The summed E-state index contributed by atoms with van der Waals surface area (Å²) in [6.45, 7) is 0. The zero-order valence-corrected chi connectivity index (χ0v) is 16.9. The molecule has 3 rings (SSSR count). The quantitative estimate of drug-likeness (QED) is 0.541. The molecule has 0 aliphatic rings. The smallest absolute Gasteiger partial charge is 0.232 e. The molecular weight excluding hydrogens is 399 g/mol. The highest BCUT2D eigenvalue weighted by Crippen LogP contribution is 2.39. The molecule has 0 aliphatic heterocycles. The maximum atomic E-state index is 9.67. The van der Waals surface area contributed by atoms with Crippen LogP contribution >= 0.6 is 23.2 Å². The van der Waals surface area contributed by atoms with Crippen molar-refractivity contribution < 1.29 is 14.2 Å². The fourth-order valence-corrected chi connectivity index (χ4v) is 3.35. The number of hydrogen-bond acceptors (Lipinski definition) is 5. The van der Waals surface area contributed by atoms with E-state index in [1.54, 1.807) is 50.6 Å². The Bertz CT molecular complexity index is 1080. The zero-order valence-electron chi connectivity index (χ0n) is 15.4. The summed E-state index contributed by atoms with van der Waals surface area (Å²) in [6, 6.07) is 14.5. The van der Waals surface area contributed by atoms with E-state index in [1.165, 1.54) is 7.11 Å². The number of benzene rings is 2. The number of nitrogens with zero attached hydrogens (tertiary/aromatic N) is 2. The molecule has 0 unspecified atom stereocenters. The molecule has 0 radical (unpaired) electrons. The summed E-state index contributed by atoms with van der Waals surface area (Å²) in [7, 11) is 4.60. The van der Waals surface area contributed by atoms with Gasteiger partial charge in [0.15, 0.2) is 11.5 Å². The van der Waals surface area contributed by atoms with Gasteiger partial charge in [-0.2, -0.15) is 5.26 Å². The van der Waals surface area contributed by atoms with Crippen molar-refractivity contribution in [1.29, 1.82) is 5.26 Å². The first-order valence-electron chi connectivity index (χ1n) is 8.19. The Kier molecular flexibility index (Phi) is 5.93. The third-order valence-electron chi connectivity index (χ3n) is 4.19. The van der Waals surface area contributed by atoms with Gasteiger partial charge >= 0.3 is 0 Å². The summed E-state index contributed by atoms with van der Waals surface area (Å²) >= 11 is 12.4. The minimum Gasteiger partial charge on any atom is -0.493 e. The standard InChI is InChI=1S/C21H16Cl2N2O3/c1-26-19-7-4-12(8-20(19)27-2)18-10-15(16(11-24)21(25-18)28-3)14-6-5-13(22)9-17(14)23/h4-10H,1-3H3. The molecule has 0 N–H and O–H groups in total. The van der Waals surface area contributed by atoms with Gasteiger partial charge in [0.1, 0.15) is 11.6 Å². The largest absolute Gasteiger partial charge is 0.493 e. The van der Waals surface area contributed by atoms with Crippen molar-refractivity contribution in [3.05, 3.63) is 58.1 Å². The monoisotopic (exact) mass is 414 g/mol. The van der Waals surface area contributed by atoms with Gasteiger partial charge in [-0.1, -0.05) is 29.3 Å². The molecule has 0 spiro atoms. The average Bonchev–Trinajstić information content (AvgIpc) is 2.72. The van der Waals surface area contributed by atoms with Crippen molar-refractivity contribution in [3.63, 3.8) is 0 Å². The van der Waals surface area contributed by atoms with Crippen molar-refractivity contribution in [1.82, 2.24) is 4.98 Å². The second-order valence-corrected chi connectivity index (χ2v) is 6.59. The highest BCUT2D eigenvalue weighted by atomic mass is 35.5. The lowest BCUT2D eigenvalue weighted by Crippen LogP contribution is -1.98. The van der Waals surface area contributed by atoms with Crippen LogP contribution in [0.1, 0.15) is 5.56 Å². The van der Waals surface area contributed by atoms with E-state index in [-0.39, 0.29) is 11.4 Å². The SMILES string of the molecule is COc1ccc(-c2cc(-c3ccc(Cl)cc3Cl)c(C#N)c(OC)n2)cc1OC. The van der Waals surface area contributed by atoms with Gasteiger partial charge in [0.2, 0.25) is 5.88 Å². The van der Waals surface area contributed by atoms with E-state index in [2.05, 4.69) is 11.1 Å². The molecule has 3 aromatic rings. The molecule has 0 amide bonds. The van der Waals surface area contributed by atoms with Crippen molar-refractivity contribution >= 4 is 23.2 Å².